The van der Waals surface area contributed by atoms with Gasteiger partial charge in [0.05, 0.1) is 6.10 Å². The third-order valence-corrected chi connectivity index (χ3v) is 2.04. The first-order chi connectivity index (χ1) is 6.15. The molecule has 2 nitrogen and oxygen atoms in total. The fraction of sp³-hybridized carbons (Fsp3) is 0.400. The molecule has 2 N–H and O–H groups in total. The van der Waals surface area contributed by atoms with Crippen molar-refractivity contribution in [3.05, 3.63) is 35.6 Å². The van der Waals surface area contributed by atoms with Crippen LogP contribution in [0.25, 0.3) is 0 Å². The summed E-state index contributed by atoms with van der Waals surface area (Å²) in [4.78, 5) is 0. The first-order valence-corrected chi connectivity index (χ1v) is 4.19. The van der Waals surface area contributed by atoms with Crippen LogP contribution < -0.4 is 0 Å². The average Bonchev–Trinajstić information content (AvgIpc) is 2.17. The van der Waals surface area contributed by atoms with Gasteiger partial charge in [0.1, 0.15) is 5.82 Å². The smallest absolute Gasteiger partial charge is 0.123 e. The predicted octanol–water partition coefficient (Wildman–Crippen LogP) is 1.49. The van der Waals surface area contributed by atoms with Crippen LogP contribution in [0.15, 0.2) is 24.3 Å². The Kier molecular flexibility index (Phi) is 3.39. The monoisotopic (exact) mass is 184 g/mol. The number of rotatable bonds is 3. The van der Waals surface area contributed by atoms with Crippen molar-refractivity contribution >= 4 is 0 Å². The van der Waals surface area contributed by atoms with Crippen molar-refractivity contribution in [2.45, 2.75) is 13.0 Å². The fourth-order valence-electron chi connectivity index (χ4n) is 1.09. The van der Waals surface area contributed by atoms with Gasteiger partial charge in [-0.15, -0.1) is 0 Å². The number of aliphatic hydroxyl groups excluding tert-OH is 2. The molecule has 0 spiro atoms. The van der Waals surface area contributed by atoms with Crippen LogP contribution in [0.1, 0.15) is 18.6 Å². The van der Waals surface area contributed by atoms with Crippen molar-refractivity contribution in [2.75, 3.05) is 6.61 Å². The minimum Gasteiger partial charge on any atom is -0.396 e. The summed E-state index contributed by atoms with van der Waals surface area (Å²) in [6.45, 7) is 1.65. The summed E-state index contributed by atoms with van der Waals surface area (Å²) in [6, 6.07) is 5.63. The van der Waals surface area contributed by atoms with E-state index in [1.54, 1.807) is 6.92 Å². The summed E-state index contributed by atoms with van der Waals surface area (Å²) >= 11 is 0. The topological polar surface area (TPSA) is 40.5 Å². The van der Waals surface area contributed by atoms with Gasteiger partial charge in [-0.1, -0.05) is 19.1 Å². The molecule has 0 bridgehead atoms. The van der Waals surface area contributed by atoms with Gasteiger partial charge in [-0.2, -0.15) is 0 Å². The summed E-state index contributed by atoms with van der Waals surface area (Å²) in [7, 11) is 0. The number of benzene rings is 1. The highest BCUT2D eigenvalue weighted by atomic mass is 19.1. The normalized spacial score (nSPS) is 15.4. The quantitative estimate of drug-likeness (QED) is 0.747. The van der Waals surface area contributed by atoms with E-state index in [1.165, 1.54) is 24.3 Å². The van der Waals surface area contributed by atoms with Crippen LogP contribution >= 0.6 is 0 Å². The highest BCUT2D eigenvalue weighted by Crippen LogP contribution is 2.21. The molecule has 3 heteroatoms. The Balaban J connectivity index is 2.77. The number of halogens is 1. The molecule has 0 aromatic heterocycles. The van der Waals surface area contributed by atoms with Gasteiger partial charge in [-0.25, -0.2) is 4.39 Å². The number of aliphatic hydroxyl groups is 2. The molecule has 1 rings (SSSR count). The lowest BCUT2D eigenvalue weighted by Crippen LogP contribution is -2.12. The average molecular weight is 184 g/mol. The summed E-state index contributed by atoms with van der Waals surface area (Å²) in [5.41, 5.74) is 0.628. The second-order valence-electron chi connectivity index (χ2n) is 3.16. The zero-order valence-electron chi connectivity index (χ0n) is 7.44. The molecule has 1 aromatic rings. The number of hydrogen-bond acceptors (Lipinski definition) is 2. The molecule has 0 aliphatic heterocycles. The third-order valence-electron chi connectivity index (χ3n) is 2.04. The van der Waals surface area contributed by atoms with E-state index in [0.717, 1.165) is 0 Å². The van der Waals surface area contributed by atoms with Gasteiger partial charge in [0.2, 0.25) is 0 Å². The van der Waals surface area contributed by atoms with Crippen molar-refractivity contribution in [3.8, 4) is 0 Å². The second kappa shape index (κ2) is 4.35. The van der Waals surface area contributed by atoms with Crippen LogP contribution in [0.5, 0.6) is 0 Å². The van der Waals surface area contributed by atoms with Gasteiger partial charge in [0.15, 0.2) is 0 Å². The standard InChI is InChI=1S/C10H13FO2/c1-7(6-12)10(13)8-2-4-9(11)5-3-8/h2-5,7,10,12-13H,6H2,1H3/t7-,10+/m1/s1. The van der Waals surface area contributed by atoms with E-state index in [9.17, 15) is 9.50 Å². The summed E-state index contributed by atoms with van der Waals surface area (Å²) in [5, 5.41) is 18.4. The van der Waals surface area contributed by atoms with Gasteiger partial charge in [-0.05, 0) is 17.7 Å². The predicted molar refractivity (Wildman–Crippen MR) is 47.6 cm³/mol. The first kappa shape index (κ1) is 10.2. The molecule has 1 aromatic carbocycles. The summed E-state index contributed by atoms with van der Waals surface area (Å²) < 4.78 is 12.5. The van der Waals surface area contributed by atoms with Gasteiger partial charge in [0.25, 0.3) is 0 Å². The van der Waals surface area contributed by atoms with Crippen LogP contribution in [0.4, 0.5) is 4.39 Å². The zero-order chi connectivity index (χ0) is 9.84. The van der Waals surface area contributed by atoms with Crippen molar-refractivity contribution in [2.24, 2.45) is 5.92 Å². The highest BCUT2D eigenvalue weighted by molar-refractivity contribution is 5.18. The minimum absolute atomic E-state index is 0.0848. The molecule has 72 valence electrons. The zero-order valence-corrected chi connectivity index (χ0v) is 7.44. The molecule has 0 aliphatic carbocycles. The fourth-order valence-corrected chi connectivity index (χ4v) is 1.09. The third kappa shape index (κ3) is 2.50. The molecule has 0 amide bonds. The van der Waals surface area contributed by atoms with E-state index in [0.29, 0.717) is 5.56 Å². The van der Waals surface area contributed by atoms with Crippen molar-refractivity contribution < 1.29 is 14.6 Å². The van der Waals surface area contributed by atoms with Gasteiger partial charge in [-0.3, -0.25) is 0 Å². The van der Waals surface area contributed by atoms with Crippen molar-refractivity contribution in [1.29, 1.82) is 0 Å². The summed E-state index contributed by atoms with van der Waals surface area (Å²) in [5.74, 6) is -0.557. The Hall–Kier alpha value is -0.930. The van der Waals surface area contributed by atoms with Crippen molar-refractivity contribution in [3.63, 3.8) is 0 Å². The van der Waals surface area contributed by atoms with Gasteiger partial charge >= 0.3 is 0 Å². The van der Waals surface area contributed by atoms with E-state index >= 15 is 0 Å². The summed E-state index contributed by atoms with van der Waals surface area (Å²) in [6.07, 6.45) is -0.731. The SMILES string of the molecule is C[C@H](CO)[C@H](O)c1ccc(F)cc1. The minimum atomic E-state index is -0.731. The lowest BCUT2D eigenvalue weighted by molar-refractivity contribution is 0.0770. The first-order valence-electron chi connectivity index (χ1n) is 4.19. The Morgan fingerprint density at radius 1 is 1.31 bits per heavy atom. The van der Waals surface area contributed by atoms with Crippen LogP contribution in [-0.4, -0.2) is 16.8 Å². The Bertz CT molecular complexity index is 258. The van der Waals surface area contributed by atoms with E-state index in [-0.39, 0.29) is 18.3 Å². The van der Waals surface area contributed by atoms with Crippen molar-refractivity contribution in [1.82, 2.24) is 0 Å². The second-order valence-corrected chi connectivity index (χ2v) is 3.16. The molecule has 0 aliphatic rings. The molecule has 0 radical (unpaired) electrons. The molecule has 0 unspecified atom stereocenters. The molecular weight excluding hydrogens is 171 g/mol. The highest BCUT2D eigenvalue weighted by Gasteiger charge is 2.14. The molecule has 0 fully saturated rings. The Morgan fingerprint density at radius 2 is 1.85 bits per heavy atom. The van der Waals surface area contributed by atoms with Gasteiger partial charge < -0.3 is 10.2 Å². The maximum Gasteiger partial charge on any atom is 0.123 e. The maximum absolute atomic E-state index is 12.5. The lowest BCUT2D eigenvalue weighted by atomic mass is 9.98. The van der Waals surface area contributed by atoms with Gasteiger partial charge in [0, 0.05) is 12.5 Å². The molecule has 0 saturated carbocycles. The van der Waals surface area contributed by atoms with E-state index in [1.807, 2.05) is 0 Å². The van der Waals surface area contributed by atoms with E-state index < -0.39 is 6.10 Å². The van der Waals surface area contributed by atoms with Crippen LogP contribution in [0.2, 0.25) is 0 Å². The number of hydrogen-bond donors (Lipinski definition) is 2. The van der Waals surface area contributed by atoms with Crippen LogP contribution in [0, 0.1) is 11.7 Å². The molecular formula is C10H13FO2. The molecule has 13 heavy (non-hydrogen) atoms. The Labute approximate surface area is 76.6 Å². The van der Waals surface area contributed by atoms with Crippen LogP contribution in [-0.2, 0) is 0 Å². The lowest BCUT2D eigenvalue weighted by Gasteiger charge is -2.16. The Morgan fingerprint density at radius 3 is 2.31 bits per heavy atom. The largest absolute Gasteiger partial charge is 0.396 e. The van der Waals surface area contributed by atoms with E-state index in [4.69, 9.17) is 5.11 Å². The molecule has 0 saturated heterocycles. The van der Waals surface area contributed by atoms with Crippen LogP contribution in [0.3, 0.4) is 0 Å². The maximum atomic E-state index is 12.5. The van der Waals surface area contributed by atoms with E-state index in [2.05, 4.69) is 0 Å². The molecule has 2 atom stereocenters. The molecule has 0 heterocycles.